The van der Waals surface area contributed by atoms with Gasteiger partial charge in [-0.1, -0.05) is 13.8 Å². The number of rotatable bonds is 8. The fourth-order valence-corrected chi connectivity index (χ4v) is 2.73. The van der Waals surface area contributed by atoms with Crippen molar-refractivity contribution in [3.8, 4) is 0 Å². The van der Waals surface area contributed by atoms with Crippen LogP contribution in [0.15, 0.2) is 6.20 Å². The molecule has 0 aliphatic carbocycles. The smallest absolute Gasteiger partial charge is 0.0930 e. The molecule has 1 atom stereocenters. The predicted molar refractivity (Wildman–Crippen MR) is 73.3 cm³/mol. The normalized spacial score (nSPS) is 13.2. The molecular weight excluding hydrogens is 232 g/mol. The minimum Gasteiger partial charge on any atom is -0.396 e. The number of hydrogen-bond donors (Lipinski definition) is 2. The number of thiazole rings is 1. The summed E-state index contributed by atoms with van der Waals surface area (Å²) in [5.41, 5.74) is 0. The van der Waals surface area contributed by atoms with Crippen LogP contribution in [0.4, 0.5) is 0 Å². The van der Waals surface area contributed by atoms with Gasteiger partial charge < -0.3 is 10.4 Å². The first-order valence-electron chi connectivity index (χ1n) is 6.39. The Morgan fingerprint density at radius 2 is 2.18 bits per heavy atom. The van der Waals surface area contributed by atoms with Crippen LogP contribution in [-0.2, 0) is 13.0 Å². The number of nitrogens with zero attached hydrogens (tertiary/aromatic N) is 1. The highest BCUT2D eigenvalue weighted by Gasteiger charge is 2.06. The van der Waals surface area contributed by atoms with E-state index in [9.17, 15) is 0 Å². The minimum absolute atomic E-state index is 0.283. The zero-order chi connectivity index (χ0) is 12.7. The summed E-state index contributed by atoms with van der Waals surface area (Å²) >= 11 is 1.80. The van der Waals surface area contributed by atoms with Crippen LogP contribution >= 0.6 is 11.3 Å². The van der Waals surface area contributed by atoms with E-state index in [-0.39, 0.29) is 6.61 Å². The molecule has 17 heavy (non-hydrogen) atoms. The van der Waals surface area contributed by atoms with Crippen molar-refractivity contribution >= 4 is 11.3 Å². The van der Waals surface area contributed by atoms with Crippen molar-refractivity contribution in [1.29, 1.82) is 0 Å². The monoisotopic (exact) mass is 256 g/mol. The lowest BCUT2D eigenvalue weighted by Gasteiger charge is -2.11. The molecule has 0 radical (unpaired) electrons. The molecule has 0 bridgehead atoms. The first-order valence-corrected chi connectivity index (χ1v) is 7.21. The van der Waals surface area contributed by atoms with Gasteiger partial charge in [0.05, 0.1) is 5.01 Å². The van der Waals surface area contributed by atoms with Crippen LogP contribution in [0.3, 0.4) is 0 Å². The van der Waals surface area contributed by atoms with Crippen molar-refractivity contribution in [2.75, 3.05) is 6.61 Å². The van der Waals surface area contributed by atoms with Crippen LogP contribution in [0.25, 0.3) is 0 Å². The van der Waals surface area contributed by atoms with Crippen LogP contribution in [0, 0.1) is 5.92 Å². The second kappa shape index (κ2) is 7.80. The molecule has 3 nitrogen and oxygen atoms in total. The van der Waals surface area contributed by atoms with Gasteiger partial charge in [0.25, 0.3) is 0 Å². The summed E-state index contributed by atoms with van der Waals surface area (Å²) in [6.45, 7) is 7.77. The Balaban J connectivity index is 2.29. The summed E-state index contributed by atoms with van der Waals surface area (Å²) < 4.78 is 0. The molecule has 4 heteroatoms. The first-order chi connectivity index (χ1) is 8.11. The SMILES string of the molecule is CC(C)Cc1ncc(CNC(C)CCCO)s1. The number of hydrogen-bond acceptors (Lipinski definition) is 4. The van der Waals surface area contributed by atoms with Crippen LogP contribution in [0.5, 0.6) is 0 Å². The molecule has 0 aliphatic rings. The molecule has 0 saturated heterocycles. The summed E-state index contributed by atoms with van der Waals surface area (Å²) in [5.74, 6) is 0.672. The first kappa shape index (κ1) is 14.6. The maximum Gasteiger partial charge on any atom is 0.0930 e. The average molecular weight is 256 g/mol. The lowest BCUT2D eigenvalue weighted by molar-refractivity contribution is 0.276. The average Bonchev–Trinajstić information content (AvgIpc) is 2.70. The minimum atomic E-state index is 0.283. The van der Waals surface area contributed by atoms with Gasteiger partial charge in [0.15, 0.2) is 0 Å². The highest BCUT2D eigenvalue weighted by Crippen LogP contribution is 2.16. The standard InChI is InChI=1S/C13H24N2OS/c1-10(2)7-13-15-9-12(17-13)8-14-11(3)5-4-6-16/h9-11,14,16H,4-8H2,1-3H3. The molecule has 0 spiro atoms. The van der Waals surface area contributed by atoms with Gasteiger partial charge in [-0.2, -0.15) is 0 Å². The Morgan fingerprint density at radius 1 is 1.41 bits per heavy atom. The molecule has 98 valence electrons. The zero-order valence-electron chi connectivity index (χ0n) is 11.1. The molecule has 0 amide bonds. The van der Waals surface area contributed by atoms with Crippen molar-refractivity contribution < 1.29 is 5.11 Å². The third-order valence-electron chi connectivity index (χ3n) is 2.60. The lowest BCUT2D eigenvalue weighted by Crippen LogP contribution is -2.25. The molecule has 1 rings (SSSR count). The molecular formula is C13H24N2OS. The maximum atomic E-state index is 8.75. The van der Waals surface area contributed by atoms with E-state index >= 15 is 0 Å². The Kier molecular flexibility index (Phi) is 6.70. The zero-order valence-corrected chi connectivity index (χ0v) is 11.9. The summed E-state index contributed by atoms with van der Waals surface area (Å²) in [5, 5.41) is 13.4. The number of aliphatic hydroxyl groups is 1. The number of aliphatic hydroxyl groups excluding tert-OH is 1. The molecule has 1 heterocycles. The Morgan fingerprint density at radius 3 is 2.82 bits per heavy atom. The van der Waals surface area contributed by atoms with Crippen LogP contribution in [-0.4, -0.2) is 22.7 Å². The predicted octanol–water partition coefficient (Wildman–Crippen LogP) is 2.59. The molecule has 0 fully saturated rings. The molecule has 0 saturated carbocycles. The fourth-order valence-electron chi connectivity index (χ4n) is 1.65. The van der Waals surface area contributed by atoms with Crippen molar-refractivity contribution in [2.24, 2.45) is 5.92 Å². The molecule has 1 unspecified atom stereocenters. The summed E-state index contributed by atoms with van der Waals surface area (Å²) in [4.78, 5) is 5.74. The van der Waals surface area contributed by atoms with Gasteiger partial charge in [0.1, 0.15) is 0 Å². The van der Waals surface area contributed by atoms with Gasteiger partial charge in [-0.25, -0.2) is 4.98 Å². The molecule has 2 N–H and O–H groups in total. The Bertz CT molecular complexity index is 312. The molecule has 0 aromatic carbocycles. The highest BCUT2D eigenvalue weighted by atomic mass is 32.1. The van der Waals surface area contributed by atoms with E-state index in [0.717, 1.165) is 25.8 Å². The molecule has 1 aromatic heterocycles. The quantitative estimate of drug-likeness (QED) is 0.751. The van der Waals surface area contributed by atoms with E-state index in [0.29, 0.717) is 12.0 Å². The maximum absolute atomic E-state index is 8.75. The largest absolute Gasteiger partial charge is 0.396 e. The van der Waals surface area contributed by atoms with E-state index in [2.05, 4.69) is 31.1 Å². The van der Waals surface area contributed by atoms with Crippen molar-refractivity contribution in [3.63, 3.8) is 0 Å². The van der Waals surface area contributed by atoms with Crippen LogP contribution in [0.2, 0.25) is 0 Å². The number of aromatic nitrogens is 1. The summed E-state index contributed by atoms with van der Waals surface area (Å²) in [6, 6.07) is 0.456. The highest BCUT2D eigenvalue weighted by molar-refractivity contribution is 7.11. The van der Waals surface area contributed by atoms with Crippen LogP contribution in [0.1, 0.15) is 43.5 Å². The van der Waals surface area contributed by atoms with Crippen molar-refractivity contribution in [3.05, 3.63) is 16.1 Å². The van der Waals surface area contributed by atoms with E-state index in [4.69, 9.17) is 5.11 Å². The Labute approximate surface area is 108 Å². The molecule has 0 aliphatic heterocycles. The van der Waals surface area contributed by atoms with Gasteiger partial charge in [-0.05, 0) is 25.7 Å². The van der Waals surface area contributed by atoms with E-state index in [1.165, 1.54) is 9.88 Å². The lowest BCUT2D eigenvalue weighted by atomic mass is 10.1. The van der Waals surface area contributed by atoms with E-state index in [1.54, 1.807) is 11.3 Å². The second-order valence-electron chi connectivity index (χ2n) is 4.97. The van der Waals surface area contributed by atoms with Gasteiger partial charge in [-0.3, -0.25) is 0 Å². The second-order valence-corrected chi connectivity index (χ2v) is 6.17. The van der Waals surface area contributed by atoms with Gasteiger partial charge in [0.2, 0.25) is 0 Å². The van der Waals surface area contributed by atoms with E-state index < -0.39 is 0 Å². The van der Waals surface area contributed by atoms with Gasteiger partial charge in [-0.15, -0.1) is 11.3 Å². The third-order valence-corrected chi connectivity index (χ3v) is 3.62. The number of nitrogens with one attached hydrogen (secondary N) is 1. The van der Waals surface area contributed by atoms with Gasteiger partial charge >= 0.3 is 0 Å². The topological polar surface area (TPSA) is 45.2 Å². The van der Waals surface area contributed by atoms with Crippen molar-refractivity contribution in [2.45, 2.75) is 52.6 Å². The van der Waals surface area contributed by atoms with Crippen LogP contribution < -0.4 is 5.32 Å². The summed E-state index contributed by atoms with van der Waals surface area (Å²) in [7, 11) is 0. The van der Waals surface area contributed by atoms with Gasteiger partial charge in [0, 0.05) is 36.7 Å². The third kappa shape index (κ3) is 6.15. The van der Waals surface area contributed by atoms with E-state index in [1.807, 2.05) is 6.20 Å². The molecule has 1 aromatic rings. The fraction of sp³-hybridized carbons (Fsp3) is 0.769. The Hall–Kier alpha value is -0.450. The summed E-state index contributed by atoms with van der Waals surface area (Å²) in [6.07, 6.45) is 4.95. The van der Waals surface area contributed by atoms with Crippen molar-refractivity contribution in [1.82, 2.24) is 10.3 Å².